The molecule has 39 heavy (non-hydrogen) atoms. The molecule has 1 aromatic carbocycles. The highest BCUT2D eigenvalue weighted by atomic mass is 16.4. The highest BCUT2D eigenvalue weighted by molar-refractivity contribution is 5.97. The van der Waals surface area contributed by atoms with Crippen molar-refractivity contribution in [3.05, 3.63) is 36.0 Å². The SMILES string of the molecule is NC(=O)CC(NC(=O)C(CC(=O)O)NC(=O)C(N)Cc1c[nH]c2ccccc12)C(=O)NC(CC(=O)O)C(=O)O. The zero-order valence-electron chi connectivity index (χ0n) is 20.4. The summed E-state index contributed by atoms with van der Waals surface area (Å²) in [6.07, 6.45) is -1.10. The molecule has 16 nitrogen and oxygen atoms in total. The summed E-state index contributed by atoms with van der Waals surface area (Å²) in [5.41, 5.74) is 12.6. The molecule has 1 heterocycles. The lowest BCUT2D eigenvalue weighted by atomic mass is 10.0. The van der Waals surface area contributed by atoms with E-state index >= 15 is 0 Å². The number of aromatic nitrogens is 1. The molecular weight excluding hydrogens is 520 g/mol. The van der Waals surface area contributed by atoms with Gasteiger partial charge in [0.25, 0.3) is 0 Å². The predicted octanol–water partition coefficient (Wildman–Crippen LogP) is -2.60. The fourth-order valence-corrected chi connectivity index (χ4v) is 3.62. The van der Waals surface area contributed by atoms with Crippen molar-refractivity contribution in [3.63, 3.8) is 0 Å². The molecule has 4 amide bonds. The van der Waals surface area contributed by atoms with E-state index in [0.717, 1.165) is 10.9 Å². The maximum atomic E-state index is 12.8. The molecule has 2 rings (SSSR count). The standard InChI is InChI=1S/C23H28N6O10/c24-12(5-10-9-26-13-4-2-1-3-11(10)13)20(35)27-15(7-18(31)32)22(37)28-14(6-17(25)30)21(36)29-16(23(38)39)8-19(33)34/h1-4,9,12,14-16,26H,5-8,24H2,(H2,25,30)(H,27,35)(H,28,37)(H,29,36)(H,31,32)(H,33,34)(H,38,39). The number of amides is 4. The van der Waals surface area contributed by atoms with Crippen molar-refractivity contribution in [2.24, 2.45) is 11.5 Å². The molecule has 0 fully saturated rings. The summed E-state index contributed by atoms with van der Waals surface area (Å²) in [6, 6.07) is 0.560. The summed E-state index contributed by atoms with van der Waals surface area (Å²) in [4.78, 5) is 86.1. The van der Waals surface area contributed by atoms with Crippen molar-refractivity contribution in [2.75, 3.05) is 0 Å². The van der Waals surface area contributed by atoms with Gasteiger partial charge in [0, 0.05) is 17.1 Å². The quantitative estimate of drug-likeness (QED) is 0.111. The number of rotatable bonds is 15. The van der Waals surface area contributed by atoms with Crippen LogP contribution in [-0.2, 0) is 40.0 Å². The van der Waals surface area contributed by atoms with Gasteiger partial charge in [0.05, 0.1) is 25.3 Å². The van der Waals surface area contributed by atoms with Crippen molar-refractivity contribution in [3.8, 4) is 0 Å². The molecule has 0 saturated carbocycles. The van der Waals surface area contributed by atoms with Gasteiger partial charge in [-0.2, -0.15) is 0 Å². The molecule has 2 aromatic rings. The number of hydrogen-bond acceptors (Lipinski definition) is 8. The van der Waals surface area contributed by atoms with Crippen LogP contribution in [-0.4, -0.2) is 86.0 Å². The van der Waals surface area contributed by atoms with Gasteiger partial charge in [0.1, 0.15) is 18.1 Å². The number of carbonyl (C=O) groups excluding carboxylic acids is 4. The lowest BCUT2D eigenvalue weighted by molar-refractivity contribution is -0.147. The molecule has 0 saturated heterocycles. The highest BCUT2D eigenvalue weighted by Crippen LogP contribution is 2.18. The van der Waals surface area contributed by atoms with E-state index in [9.17, 15) is 38.7 Å². The van der Waals surface area contributed by atoms with Gasteiger partial charge in [0.2, 0.25) is 23.6 Å². The number of nitrogens with two attached hydrogens (primary N) is 2. The Morgan fingerprint density at radius 3 is 1.85 bits per heavy atom. The third-order valence-corrected chi connectivity index (χ3v) is 5.49. The van der Waals surface area contributed by atoms with Crippen LogP contribution in [0.3, 0.4) is 0 Å². The van der Waals surface area contributed by atoms with Crippen LogP contribution in [0, 0.1) is 0 Å². The second-order valence-corrected chi connectivity index (χ2v) is 8.56. The average molecular weight is 549 g/mol. The number of benzene rings is 1. The second kappa shape index (κ2) is 13.5. The van der Waals surface area contributed by atoms with Gasteiger partial charge in [-0.15, -0.1) is 0 Å². The number of carbonyl (C=O) groups is 7. The first-order chi connectivity index (χ1) is 18.3. The van der Waals surface area contributed by atoms with Crippen molar-refractivity contribution in [1.82, 2.24) is 20.9 Å². The molecule has 4 atom stereocenters. The number of hydrogen-bond donors (Lipinski definition) is 9. The van der Waals surface area contributed by atoms with E-state index in [2.05, 4.69) is 10.3 Å². The fraction of sp³-hybridized carbons (Fsp3) is 0.348. The van der Waals surface area contributed by atoms with Crippen LogP contribution in [0.5, 0.6) is 0 Å². The topological polar surface area (TPSA) is 284 Å². The van der Waals surface area contributed by atoms with Crippen LogP contribution in [0.15, 0.2) is 30.5 Å². The third-order valence-electron chi connectivity index (χ3n) is 5.49. The summed E-state index contributed by atoms with van der Waals surface area (Å²) < 4.78 is 0. The van der Waals surface area contributed by atoms with E-state index in [1.807, 2.05) is 28.8 Å². The Morgan fingerprint density at radius 2 is 1.28 bits per heavy atom. The van der Waals surface area contributed by atoms with Crippen molar-refractivity contribution in [1.29, 1.82) is 0 Å². The number of aliphatic carboxylic acids is 3. The minimum Gasteiger partial charge on any atom is -0.481 e. The minimum absolute atomic E-state index is 0.0319. The molecule has 16 heteroatoms. The van der Waals surface area contributed by atoms with Crippen molar-refractivity contribution >= 4 is 52.4 Å². The highest BCUT2D eigenvalue weighted by Gasteiger charge is 2.33. The van der Waals surface area contributed by atoms with Crippen LogP contribution in [0.4, 0.5) is 0 Å². The molecule has 0 spiro atoms. The van der Waals surface area contributed by atoms with Gasteiger partial charge >= 0.3 is 17.9 Å². The molecule has 4 unspecified atom stereocenters. The maximum Gasteiger partial charge on any atom is 0.326 e. The normalized spacial score (nSPS) is 13.9. The first-order valence-corrected chi connectivity index (χ1v) is 11.4. The van der Waals surface area contributed by atoms with E-state index in [1.54, 1.807) is 12.3 Å². The molecule has 0 bridgehead atoms. The lowest BCUT2D eigenvalue weighted by Gasteiger charge is -2.24. The first-order valence-electron chi connectivity index (χ1n) is 11.4. The number of H-pyrrole nitrogens is 1. The Labute approximate surface area is 220 Å². The number of nitrogens with one attached hydrogen (secondary N) is 4. The molecule has 0 aliphatic rings. The molecule has 210 valence electrons. The van der Waals surface area contributed by atoms with Gasteiger partial charge in [-0.25, -0.2) is 4.79 Å². The molecule has 0 aliphatic heterocycles. The van der Waals surface area contributed by atoms with Crippen LogP contribution < -0.4 is 27.4 Å². The van der Waals surface area contributed by atoms with E-state index in [4.69, 9.17) is 21.7 Å². The first kappa shape index (κ1) is 30.2. The zero-order chi connectivity index (χ0) is 29.3. The lowest BCUT2D eigenvalue weighted by Crippen LogP contribution is -2.58. The van der Waals surface area contributed by atoms with E-state index < -0.39 is 85.0 Å². The van der Waals surface area contributed by atoms with Gasteiger partial charge in [-0.3, -0.25) is 28.8 Å². The summed E-state index contributed by atoms with van der Waals surface area (Å²) in [7, 11) is 0. The summed E-state index contributed by atoms with van der Waals surface area (Å²) >= 11 is 0. The monoisotopic (exact) mass is 548 g/mol. The molecular formula is C23H28N6O10. The number of carboxylic acid groups (broad SMARTS) is 3. The second-order valence-electron chi connectivity index (χ2n) is 8.56. The average Bonchev–Trinajstić information content (AvgIpc) is 3.24. The smallest absolute Gasteiger partial charge is 0.326 e. The van der Waals surface area contributed by atoms with Gasteiger partial charge < -0.3 is 47.7 Å². The van der Waals surface area contributed by atoms with Crippen LogP contribution >= 0.6 is 0 Å². The van der Waals surface area contributed by atoms with Gasteiger partial charge in [0.15, 0.2) is 0 Å². The Hall–Kier alpha value is -4.99. The van der Waals surface area contributed by atoms with Crippen LogP contribution in [0.25, 0.3) is 10.9 Å². The van der Waals surface area contributed by atoms with E-state index in [1.165, 1.54) is 0 Å². The number of primary amides is 1. The van der Waals surface area contributed by atoms with Crippen LogP contribution in [0.2, 0.25) is 0 Å². The molecule has 11 N–H and O–H groups in total. The Bertz CT molecular complexity index is 1280. The van der Waals surface area contributed by atoms with Gasteiger partial charge in [-0.05, 0) is 18.1 Å². The Balaban J connectivity index is 2.15. The van der Waals surface area contributed by atoms with Gasteiger partial charge in [-0.1, -0.05) is 18.2 Å². The number of para-hydroxylation sites is 1. The third kappa shape index (κ3) is 9.12. The molecule has 0 aliphatic carbocycles. The number of aromatic amines is 1. The number of fused-ring (bicyclic) bond motifs is 1. The summed E-state index contributed by atoms with van der Waals surface area (Å²) in [5.74, 6) is -9.21. The number of carboxylic acids is 3. The predicted molar refractivity (Wildman–Crippen MR) is 132 cm³/mol. The maximum absolute atomic E-state index is 12.8. The summed E-state index contributed by atoms with van der Waals surface area (Å²) in [5, 5.41) is 34.1. The van der Waals surface area contributed by atoms with Crippen molar-refractivity contribution in [2.45, 2.75) is 49.9 Å². The molecule has 0 radical (unpaired) electrons. The van der Waals surface area contributed by atoms with E-state index in [0.29, 0.717) is 5.56 Å². The minimum atomic E-state index is -1.90. The van der Waals surface area contributed by atoms with Crippen molar-refractivity contribution < 1.29 is 48.9 Å². The largest absolute Gasteiger partial charge is 0.481 e. The molecule has 1 aromatic heterocycles. The fourth-order valence-electron chi connectivity index (χ4n) is 3.62. The Morgan fingerprint density at radius 1 is 0.769 bits per heavy atom. The summed E-state index contributed by atoms with van der Waals surface area (Å²) in [6.45, 7) is 0. The van der Waals surface area contributed by atoms with Crippen LogP contribution in [0.1, 0.15) is 24.8 Å². The Kier molecular flexibility index (Phi) is 10.5. The van der Waals surface area contributed by atoms with E-state index in [-0.39, 0.29) is 6.42 Å². The zero-order valence-corrected chi connectivity index (χ0v) is 20.4.